The third-order valence-corrected chi connectivity index (χ3v) is 5.64. The number of halogens is 1. The number of carbonyl (C=O) groups is 1. The Morgan fingerprint density at radius 3 is 2.56 bits per heavy atom. The number of nitrogens with zero attached hydrogens (tertiary/aromatic N) is 3. The van der Waals surface area contributed by atoms with E-state index in [2.05, 4.69) is 15.6 Å². The van der Waals surface area contributed by atoms with Crippen LogP contribution in [-0.2, 0) is 4.79 Å². The van der Waals surface area contributed by atoms with E-state index >= 15 is 0 Å². The van der Waals surface area contributed by atoms with E-state index in [1.54, 1.807) is 12.4 Å². The molecule has 2 N–H and O–H groups in total. The standard InChI is InChI=1S/C25H20ClN5O/c1-16-23(25(32)29-20-7-3-2-4-8-20)24(18-6-5-13-27-15-18)31-22(28-16)14-21(30-31)17-9-11-19(26)12-10-17/h2-15,24,28H,1H3,(H,29,32). The predicted octanol–water partition coefficient (Wildman–Crippen LogP) is 5.53. The van der Waals surface area contributed by atoms with E-state index in [0.29, 0.717) is 10.6 Å². The summed E-state index contributed by atoms with van der Waals surface area (Å²) < 4.78 is 1.84. The fourth-order valence-corrected chi connectivity index (χ4v) is 4.02. The van der Waals surface area contributed by atoms with Crippen LogP contribution < -0.4 is 10.6 Å². The van der Waals surface area contributed by atoms with Crippen molar-refractivity contribution in [2.24, 2.45) is 0 Å². The molecule has 158 valence electrons. The molecular formula is C25H20ClN5O. The zero-order valence-electron chi connectivity index (χ0n) is 17.3. The Kier molecular flexibility index (Phi) is 5.21. The van der Waals surface area contributed by atoms with Crippen molar-refractivity contribution in [3.63, 3.8) is 0 Å². The molecule has 7 heteroatoms. The number of amides is 1. The fourth-order valence-electron chi connectivity index (χ4n) is 3.89. The summed E-state index contributed by atoms with van der Waals surface area (Å²) in [5.74, 6) is 0.613. The lowest BCUT2D eigenvalue weighted by molar-refractivity contribution is -0.113. The first-order valence-corrected chi connectivity index (χ1v) is 10.6. The number of hydrogen-bond donors (Lipinski definition) is 2. The summed E-state index contributed by atoms with van der Waals surface area (Å²) in [6.07, 6.45) is 3.49. The number of hydrogen-bond acceptors (Lipinski definition) is 4. The number of allylic oxidation sites excluding steroid dienone is 1. The van der Waals surface area contributed by atoms with Gasteiger partial charge < -0.3 is 10.6 Å². The summed E-state index contributed by atoms with van der Waals surface area (Å²) in [4.78, 5) is 17.7. The second kappa shape index (κ2) is 8.32. The highest BCUT2D eigenvalue weighted by molar-refractivity contribution is 6.30. The van der Waals surface area contributed by atoms with Gasteiger partial charge in [-0.3, -0.25) is 9.78 Å². The van der Waals surface area contributed by atoms with Crippen molar-refractivity contribution >= 4 is 29.0 Å². The molecule has 2 aromatic heterocycles. The van der Waals surface area contributed by atoms with Crippen LogP contribution in [0.3, 0.4) is 0 Å². The molecule has 4 aromatic rings. The zero-order chi connectivity index (χ0) is 22.1. The highest BCUT2D eigenvalue weighted by atomic mass is 35.5. The van der Waals surface area contributed by atoms with Gasteiger partial charge >= 0.3 is 0 Å². The molecule has 1 unspecified atom stereocenters. The van der Waals surface area contributed by atoms with Crippen molar-refractivity contribution in [1.29, 1.82) is 0 Å². The molecular weight excluding hydrogens is 422 g/mol. The number of nitrogens with one attached hydrogen (secondary N) is 2. The van der Waals surface area contributed by atoms with Crippen LogP contribution in [0.4, 0.5) is 11.5 Å². The van der Waals surface area contributed by atoms with Crippen LogP contribution in [-0.4, -0.2) is 20.7 Å². The van der Waals surface area contributed by atoms with Crippen LogP contribution in [0.15, 0.2) is 96.5 Å². The first-order valence-electron chi connectivity index (χ1n) is 10.2. The summed E-state index contributed by atoms with van der Waals surface area (Å²) in [6.45, 7) is 1.90. The summed E-state index contributed by atoms with van der Waals surface area (Å²) >= 11 is 6.05. The van der Waals surface area contributed by atoms with Crippen molar-refractivity contribution in [3.05, 3.63) is 107 Å². The molecule has 0 fully saturated rings. The number of carbonyl (C=O) groups excluding carboxylic acids is 1. The lowest BCUT2D eigenvalue weighted by atomic mass is 9.96. The summed E-state index contributed by atoms with van der Waals surface area (Å²) in [7, 11) is 0. The Balaban J connectivity index is 1.59. The fraction of sp³-hybridized carbons (Fsp3) is 0.0800. The monoisotopic (exact) mass is 441 g/mol. The van der Waals surface area contributed by atoms with Gasteiger partial charge in [-0.25, -0.2) is 4.68 Å². The number of para-hydroxylation sites is 1. The predicted molar refractivity (Wildman–Crippen MR) is 126 cm³/mol. The second-order valence-electron chi connectivity index (χ2n) is 7.54. The van der Waals surface area contributed by atoms with Gasteiger partial charge in [-0.2, -0.15) is 5.10 Å². The number of anilines is 2. The van der Waals surface area contributed by atoms with Crippen LogP contribution in [0.25, 0.3) is 11.3 Å². The molecule has 0 bridgehead atoms. The molecule has 0 radical (unpaired) electrons. The summed E-state index contributed by atoms with van der Waals surface area (Å²) in [6, 6.07) is 22.3. The second-order valence-corrected chi connectivity index (χ2v) is 7.98. The van der Waals surface area contributed by atoms with E-state index in [4.69, 9.17) is 16.7 Å². The molecule has 1 amide bonds. The lowest BCUT2D eigenvalue weighted by Crippen LogP contribution is -2.31. The number of aromatic nitrogens is 3. The number of benzene rings is 2. The van der Waals surface area contributed by atoms with Crippen molar-refractivity contribution in [2.75, 3.05) is 10.6 Å². The van der Waals surface area contributed by atoms with E-state index in [1.165, 1.54) is 0 Å². The minimum atomic E-state index is -0.426. The van der Waals surface area contributed by atoms with Gasteiger partial charge in [0.2, 0.25) is 0 Å². The number of fused-ring (bicyclic) bond motifs is 1. The van der Waals surface area contributed by atoms with Gasteiger partial charge in [0.1, 0.15) is 11.9 Å². The van der Waals surface area contributed by atoms with Gasteiger partial charge in [0.25, 0.3) is 5.91 Å². The molecule has 6 nitrogen and oxygen atoms in total. The molecule has 0 saturated carbocycles. The molecule has 5 rings (SSSR count). The van der Waals surface area contributed by atoms with E-state index in [0.717, 1.165) is 34.0 Å². The van der Waals surface area contributed by atoms with Gasteiger partial charge in [0.15, 0.2) is 0 Å². The normalized spacial score (nSPS) is 15.1. The average Bonchev–Trinajstić information content (AvgIpc) is 3.23. The molecule has 2 aromatic carbocycles. The molecule has 1 aliphatic rings. The molecule has 0 spiro atoms. The van der Waals surface area contributed by atoms with Gasteiger partial charge in [-0.05, 0) is 42.8 Å². The van der Waals surface area contributed by atoms with Crippen molar-refractivity contribution in [3.8, 4) is 11.3 Å². The van der Waals surface area contributed by atoms with Crippen LogP contribution in [0.1, 0.15) is 18.5 Å². The smallest absolute Gasteiger partial charge is 0.255 e. The molecule has 1 aliphatic heterocycles. The molecule has 1 atom stereocenters. The Hall–Kier alpha value is -3.90. The van der Waals surface area contributed by atoms with Gasteiger partial charge in [0.05, 0.1) is 11.3 Å². The molecule has 0 saturated heterocycles. The number of pyridine rings is 1. The maximum Gasteiger partial charge on any atom is 0.255 e. The number of rotatable bonds is 4. The van der Waals surface area contributed by atoms with Crippen molar-refractivity contribution in [2.45, 2.75) is 13.0 Å². The van der Waals surface area contributed by atoms with E-state index in [-0.39, 0.29) is 5.91 Å². The average molecular weight is 442 g/mol. The Morgan fingerprint density at radius 2 is 1.84 bits per heavy atom. The topological polar surface area (TPSA) is 71.8 Å². The Morgan fingerprint density at radius 1 is 1.06 bits per heavy atom. The van der Waals surface area contributed by atoms with Crippen LogP contribution in [0.5, 0.6) is 0 Å². The third kappa shape index (κ3) is 3.76. The van der Waals surface area contributed by atoms with E-state index in [1.807, 2.05) is 84.4 Å². The minimum Gasteiger partial charge on any atom is -0.344 e. The molecule has 3 heterocycles. The van der Waals surface area contributed by atoms with Crippen LogP contribution >= 0.6 is 11.6 Å². The zero-order valence-corrected chi connectivity index (χ0v) is 18.0. The highest BCUT2D eigenvalue weighted by Gasteiger charge is 2.33. The van der Waals surface area contributed by atoms with E-state index in [9.17, 15) is 4.79 Å². The van der Waals surface area contributed by atoms with Crippen molar-refractivity contribution in [1.82, 2.24) is 14.8 Å². The van der Waals surface area contributed by atoms with Gasteiger partial charge in [0, 0.05) is 40.4 Å². The van der Waals surface area contributed by atoms with Gasteiger partial charge in [-0.15, -0.1) is 0 Å². The largest absolute Gasteiger partial charge is 0.344 e. The van der Waals surface area contributed by atoms with Crippen molar-refractivity contribution < 1.29 is 4.79 Å². The van der Waals surface area contributed by atoms with E-state index < -0.39 is 6.04 Å². The lowest BCUT2D eigenvalue weighted by Gasteiger charge is -2.29. The Labute approximate surface area is 190 Å². The minimum absolute atomic E-state index is 0.191. The maximum absolute atomic E-state index is 13.4. The first-order chi connectivity index (χ1) is 15.6. The van der Waals surface area contributed by atoms with Gasteiger partial charge in [-0.1, -0.05) is 48.0 Å². The molecule has 32 heavy (non-hydrogen) atoms. The third-order valence-electron chi connectivity index (χ3n) is 5.39. The first kappa shape index (κ1) is 20.0. The summed E-state index contributed by atoms with van der Waals surface area (Å²) in [5.41, 5.74) is 4.68. The highest BCUT2D eigenvalue weighted by Crippen LogP contribution is 2.38. The quantitative estimate of drug-likeness (QED) is 0.437. The SMILES string of the molecule is CC1=C(C(=O)Nc2ccccc2)C(c2cccnc2)n2nc(-c3ccc(Cl)cc3)cc2N1. The maximum atomic E-state index is 13.4. The Bertz CT molecular complexity index is 1300. The van der Waals surface area contributed by atoms with Crippen LogP contribution in [0, 0.1) is 0 Å². The summed E-state index contributed by atoms with van der Waals surface area (Å²) in [5, 5.41) is 11.9. The van der Waals surface area contributed by atoms with Crippen LogP contribution in [0.2, 0.25) is 5.02 Å². The molecule has 0 aliphatic carbocycles.